The van der Waals surface area contributed by atoms with Crippen LogP contribution in [0.1, 0.15) is 25.3 Å². The second kappa shape index (κ2) is 2.59. The first kappa shape index (κ1) is 7.28. The van der Waals surface area contributed by atoms with Gasteiger partial charge in [0.1, 0.15) is 6.33 Å². The highest BCUT2D eigenvalue weighted by Crippen LogP contribution is 2.18. The van der Waals surface area contributed by atoms with Gasteiger partial charge in [-0.05, 0) is 17.5 Å². The van der Waals surface area contributed by atoms with Gasteiger partial charge in [-0.25, -0.2) is 9.50 Å². The maximum absolute atomic E-state index is 4.14. The first-order valence-electron chi connectivity index (χ1n) is 4.06. The van der Waals surface area contributed by atoms with Gasteiger partial charge in [0.2, 0.25) is 0 Å². The third-order valence-electron chi connectivity index (χ3n) is 1.98. The minimum absolute atomic E-state index is 0.521. The molecule has 0 unspecified atom stereocenters. The standard InChI is InChI=1S/C9H11N3/c1-7(2)8-3-4-11-12-6-10-5-9(8)12/h3-7H,1-2H3. The molecular formula is C9H11N3. The van der Waals surface area contributed by atoms with Crippen molar-refractivity contribution in [1.29, 1.82) is 0 Å². The van der Waals surface area contributed by atoms with Crippen molar-refractivity contribution in [2.24, 2.45) is 0 Å². The van der Waals surface area contributed by atoms with Crippen LogP contribution in [0.4, 0.5) is 0 Å². The minimum atomic E-state index is 0.521. The lowest BCUT2D eigenvalue weighted by molar-refractivity contribution is 0.839. The molecule has 2 rings (SSSR count). The fraction of sp³-hybridized carbons (Fsp3) is 0.333. The van der Waals surface area contributed by atoms with Crippen LogP contribution in [0.25, 0.3) is 5.52 Å². The smallest absolute Gasteiger partial charge is 0.117 e. The fourth-order valence-corrected chi connectivity index (χ4v) is 1.35. The molecule has 0 spiro atoms. The molecule has 0 fully saturated rings. The third kappa shape index (κ3) is 0.978. The van der Waals surface area contributed by atoms with Crippen molar-refractivity contribution >= 4 is 5.52 Å². The Hall–Kier alpha value is -1.38. The molecule has 0 saturated carbocycles. The van der Waals surface area contributed by atoms with E-state index in [4.69, 9.17) is 0 Å². The molecule has 12 heavy (non-hydrogen) atoms. The van der Waals surface area contributed by atoms with Gasteiger partial charge in [-0.1, -0.05) is 13.8 Å². The van der Waals surface area contributed by atoms with Crippen molar-refractivity contribution < 1.29 is 0 Å². The van der Waals surface area contributed by atoms with Crippen molar-refractivity contribution in [2.75, 3.05) is 0 Å². The van der Waals surface area contributed by atoms with Gasteiger partial charge in [-0.15, -0.1) is 0 Å². The van der Waals surface area contributed by atoms with Crippen LogP contribution in [0.2, 0.25) is 0 Å². The van der Waals surface area contributed by atoms with E-state index in [0.717, 1.165) is 5.52 Å². The van der Waals surface area contributed by atoms with Gasteiger partial charge in [0.25, 0.3) is 0 Å². The van der Waals surface area contributed by atoms with Gasteiger partial charge >= 0.3 is 0 Å². The van der Waals surface area contributed by atoms with Crippen molar-refractivity contribution in [1.82, 2.24) is 14.6 Å². The number of rotatable bonds is 1. The predicted molar refractivity (Wildman–Crippen MR) is 47.1 cm³/mol. The first-order chi connectivity index (χ1) is 5.79. The van der Waals surface area contributed by atoms with Crippen molar-refractivity contribution in [3.63, 3.8) is 0 Å². The molecule has 0 amide bonds. The molecule has 3 heteroatoms. The normalized spacial score (nSPS) is 11.2. The highest BCUT2D eigenvalue weighted by molar-refractivity contribution is 5.52. The van der Waals surface area contributed by atoms with E-state index in [1.165, 1.54) is 5.56 Å². The van der Waals surface area contributed by atoms with E-state index in [1.807, 2.05) is 18.5 Å². The maximum atomic E-state index is 4.14. The van der Waals surface area contributed by atoms with Gasteiger partial charge in [0, 0.05) is 6.20 Å². The van der Waals surface area contributed by atoms with Gasteiger partial charge in [0.15, 0.2) is 0 Å². The fourth-order valence-electron chi connectivity index (χ4n) is 1.35. The van der Waals surface area contributed by atoms with Crippen molar-refractivity contribution in [3.05, 3.63) is 30.4 Å². The highest BCUT2D eigenvalue weighted by atomic mass is 15.2. The quantitative estimate of drug-likeness (QED) is 0.639. The summed E-state index contributed by atoms with van der Waals surface area (Å²) >= 11 is 0. The molecule has 2 aromatic rings. The molecule has 0 bridgehead atoms. The molecule has 0 aliphatic rings. The lowest BCUT2D eigenvalue weighted by atomic mass is 10.0. The summed E-state index contributed by atoms with van der Waals surface area (Å²) in [6.45, 7) is 4.34. The Balaban J connectivity index is 2.73. The van der Waals surface area contributed by atoms with Crippen molar-refractivity contribution in [3.8, 4) is 0 Å². The van der Waals surface area contributed by atoms with Gasteiger partial charge in [-0.2, -0.15) is 5.10 Å². The Morgan fingerprint density at radius 1 is 1.42 bits per heavy atom. The topological polar surface area (TPSA) is 30.2 Å². The molecule has 2 heterocycles. The average Bonchev–Trinajstić information content (AvgIpc) is 2.49. The molecule has 0 aliphatic carbocycles. The number of fused-ring (bicyclic) bond motifs is 1. The Bertz CT molecular complexity index is 389. The van der Waals surface area contributed by atoms with Crippen LogP contribution in [-0.2, 0) is 0 Å². The molecule has 0 aliphatic heterocycles. The van der Waals surface area contributed by atoms with Crippen LogP contribution in [-0.4, -0.2) is 14.6 Å². The predicted octanol–water partition coefficient (Wildman–Crippen LogP) is 1.85. The van der Waals surface area contributed by atoms with E-state index in [-0.39, 0.29) is 0 Å². The summed E-state index contributed by atoms with van der Waals surface area (Å²) < 4.78 is 1.80. The molecule has 3 nitrogen and oxygen atoms in total. The lowest BCUT2D eigenvalue weighted by Crippen LogP contribution is -1.95. The second-order valence-electron chi connectivity index (χ2n) is 3.16. The van der Waals surface area contributed by atoms with Gasteiger partial charge in [0.05, 0.1) is 11.7 Å². The Labute approximate surface area is 71.1 Å². The zero-order chi connectivity index (χ0) is 8.55. The Morgan fingerprint density at radius 2 is 2.25 bits per heavy atom. The number of hydrogen-bond donors (Lipinski definition) is 0. The first-order valence-corrected chi connectivity index (χ1v) is 4.06. The zero-order valence-electron chi connectivity index (χ0n) is 7.23. The summed E-state index contributed by atoms with van der Waals surface area (Å²) in [6, 6.07) is 2.04. The number of nitrogens with zero attached hydrogens (tertiary/aromatic N) is 3. The van der Waals surface area contributed by atoms with Gasteiger partial charge < -0.3 is 0 Å². The Kier molecular flexibility index (Phi) is 1.57. The van der Waals surface area contributed by atoms with E-state index in [9.17, 15) is 0 Å². The van der Waals surface area contributed by atoms with E-state index in [2.05, 4.69) is 23.9 Å². The molecule has 62 valence electrons. The molecule has 0 atom stereocenters. The summed E-state index contributed by atoms with van der Waals surface area (Å²) in [7, 11) is 0. The number of imidazole rings is 1. The summed E-state index contributed by atoms with van der Waals surface area (Å²) in [5.41, 5.74) is 2.40. The molecule has 2 aromatic heterocycles. The molecule has 0 saturated heterocycles. The SMILES string of the molecule is CC(C)c1ccnn2cncc12. The molecular weight excluding hydrogens is 150 g/mol. The highest BCUT2D eigenvalue weighted by Gasteiger charge is 2.04. The molecule has 0 aromatic carbocycles. The van der Waals surface area contributed by atoms with Crippen LogP contribution in [0.3, 0.4) is 0 Å². The van der Waals surface area contributed by atoms with Crippen LogP contribution in [0, 0.1) is 0 Å². The van der Waals surface area contributed by atoms with Crippen LogP contribution < -0.4 is 0 Å². The molecule has 0 N–H and O–H groups in total. The number of aromatic nitrogens is 3. The second-order valence-corrected chi connectivity index (χ2v) is 3.16. The third-order valence-corrected chi connectivity index (χ3v) is 1.98. The van der Waals surface area contributed by atoms with Crippen LogP contribution in [0.15, 0.2) is 24.8 Å². The lowest BCUT2D eigenvalue weighted by Gasteiger charge is -2.05. The number of hydrogen-bond acceptors (Lipinski definition) is 2. The summed E-state index contributed by atoms with van der Waals surface area (Å²) in [5, 5.41) is 4.14. The monoisotopic (exact) mass is 161 g/mol. The molecule has 0 radical (unpaired) electrons. The largest absolute Gasteiger partial charge is 0.243 e. The van der Waals surface area contributed by atoms with E-state index in [1.54, 1.807) is 10.8 Å². The summed E-state index contributed by atoms with van der Waals surface area (Å²) in [4.78, 5) is 4.04. The van der Waals surface area contributed by atoms with Crippen molar-refractivity contribution in [2.45, 2.75) is 19.8 Å². The summed E-state index contributed by atoms with van der Waals surface area (Å²) in [5.74, 6) is 0.521. The van der Waals surface area contributed by atoms with E-state index in [0.29, 0.717) is 5.92 Å². The van der Waals surface area contributed by atoms with E-state index >= 15 is 0 Å². The minimum Gasteiger partial charge on any atom is -0.243 e. The van der Waals surface area contributed by atoms with Gasteiger partial charge in [-0.3, -0.25) is 0 Å². The average molecular weight is 161 g/mol. The summed E-state index contributed by atoms with van der Waals surface area (Å²) in [6.07, 6.45) is 5.38. The van der Waals surface area contributed by atoms with Crippen LogP contribution in [0.5, 0.6) is 0 Å². The van der Waals surface area contributed by atoms with E-state index < -0.39 is 0 Å². The maximum Gasteiger partial charge on any atom is 0.117 e. The Morgan fingerprint density at radius 3 is 3.00 bits per heavy atom. The zero-order valence-corrected chi connectivity index (χ0v) is 7.23. The van der Waals surface area contributed by atoms with Crippen LogP contribution >= 0.6 is 0 Å².